The number of rotatable bonds is 2. The van der Waals surface area contributed by atoms with E-state index >= 15 is 0 Å². The highest BCUT2D eigenvalue weighted by molar-refractivity contribution is 5.97. The van der Waals surface area contributed by atoms with Crippen molar-refractivity contribution in [2.24, 2.45) is 0 Å². The lowest BCUT2D eigenvalue weighted by Crippen LogP contribution is -1.95. The summed E-state index contributed by atoms with van der Waals surface area (Å²) in [5, 5.41) is 10.1. The second-order valence-electron chi connectivity index (χ2n) is 3.98. The first-order valence-electron chi connectivity index (χ1n) is 5.43. The minimum Gasteiger partial charge on any atom is -0.461 e. The van der Waals surface area contributed by atoms with E-state index in [2.05, 4.69) is 4.98 Å². The van der Waals surface area contributed by atoms with E-state index in [1.165, 1.54) is 13.2 Å². The molecule has 2 aromatic heterocycles. The summed E-state index contributed by atoms with van der Waals surface area (Å²) < 4.78 is 6.13. The predicted octanol–water partition coefficient (Wildman–Crippen LogP) is 2.74. The van der Waals surface area contributed by atoms with E-state index in [4.69, 9.17) is 4.42 Å². The van der Waals surface area contributed by atoms with E-state index in [0.717, 1.165) is 4.73 Å². The largest absolute Gasteiger partial charge is 0.461 e. The van der Waals surface area contributed by atoms with E-state index in [9.17, 15) is 10.0 Å². The van der Waals surface area contributed by atoms with Gasteiger partial charge in [0, 0.05) is 5.56 Å². The Balaban J connectivity index is 2.25. The number of Topliss-reactive ketones (excluding diaryl/α,β-unsaturated/α-hetero) is 1. The van der Waals surface area contributed by atoms with E-state index in [1.807, 2.05) is 0 Å². The van der Waals surface area contributed by atoms with Crippen LogP contribution in [-0.4, -0.2) is 20.7 Å². The fourth-order valence-electron chi connectivity index (χ4n) is 1.85. The zero-order valence-electron chi connectivity index (χ0n) is 9.62. The summed E-state index contributed by atoms with van der Waals surface area (Å²) in [5.74, 6) is 0.728. The van der Waals surface area contributed by atoms with Crippen LogP contribution in [0.15, 0.2) is 41.0 Å². The molecule has 0 aliphatic carbocycles. The Morgan fingerprint density at radius 3 is 2.89 bits per heavy atom. The van der Waals surface area contributed by atoms with Gasteiger partial charge in [-0.3, -0.25) is 4.79 Å². The van der Waals surface area contributed by atoms with Crippen molar-refractivity contribution < 1.29 is 14.4 Å². The van der Waals surface area contributed by atoms with Gasteiger partial charge >= 0.3 is 0 Å². The van der Waals surface area contributed by atoms with Crippen LogP contribution in [-0.2, 0) is 0 Å². The van der Waals surface area contributed by atoms with Crippen molar-refractivity contribution in [3.8, 4) is 11.6 Å². The summed E-state index contributed by atoms with van der Waals surface area (Å²) >= 11 is 0. The Hall–Kier alpha value is -2.56. The summed E-state index contributed by atoms with van der Waals surface area (Å²) in [6.45, 7) is 1.48. The molecule has 0 saturated carbocycles. The van der Waals surface area contributed by atoms with Crippen LogP contribution in [0.1, 0.15) is 17.3 Å². The van der Waals surface area contributed by atoms with Gasteiger partial charge in [-0.05, 0) is 37.3 Å². The zero-order chi connectivity index (χ0) is 12.7. The lowest BCUT2D eigenvalue weighted by atomic mass is 10.1. The molecule has 3 aromatic rings. The maximum Gasteiger partial charge on any atom is 0.212 e. The van der Waals surface area contributed by atoms with E-state index in [-0.39, 0.29) is 5.78 Å². The van der Waals surface area contributed by atoms with Gasteiger partial charge in [0.05, 0.1) is 11.8 Å². The highest BCUT2D eigenvalue weighted by Crippen LogP contribution is 2.24. The van der Waals surface area contributed by atoms with Crippen molar-refractivity contribution in [3.63, 3.8) is 0 Å². The molecule has 0 unspecified atom stereocenters. The van der Waals surface area contributed by atoms with Gasteiger partial charge < -0.3 is 9.62 Å². The number of carbonyl (C=O) groups is 1. The molecular formula is C13H10N2O3. The highest BCUT2D eigenvalue weighted by atomic mass is 16.5. The Kier molecular flexibility index (Phi) is 2.19. The molecule has 0 saturated heterocycles. The molecule has 0 spiro atoms. The van der Waals surface area contributed by atoms with Crippen LogP contribution in [0.4, 0.5) is 0 Å². The summed E-state index contributed by atoms with van der Waals surface area (Å²) in [6, 6.07) is 8.42. The third-order valence-corrected chi connectivity index (χ3v) is 2.78. The Bertz CT molecular complexity index is 726. The highest BCUT2D eigenvalue weighted by Gasteiger charge is 2.15. The molecule has 1 aromatic carbocycles. The molecule has 0 atom stereocenters. The zero-order valence-corrected chi connectivity index (χ0v) is 9.62. The van der Waals surface area contributed by atoms with Crippen LogP contribution in [0.3, 0.4) is 0 Å². The average molecular weight is 242 g/mol. The number of hydrogen-bond acceptors (Lipinski definition) is 4. The number of imidazole rings is 1. The lowest BCUT2D eigenvalue weighted by molar-refractivity contribution is 0.101. The lowest BCUT2D eigenvalue weighted by Gasteiger charge is -1.98. The SMILES string of the molecule is CC(=O)c1ccc2nc(-c3ccco3)n(O)c2c1. The van der Waals surface area contributed by atoms with Crippen LogP contribution >= 0.6 is 0 Å². The minimum absolute atomic E-state index is 0.0577. The topological polar surface area (TPSA) is 68.3 Å². The molecule has 90 valence electrons. The van der Waals surface area contributed by atoms with Crippen molar-refractivity contribution in [2.45, 2.75) is 6.92 Å². The molecule has 0 aliphatic heterocycles. The quantitative estimate of drug-likeness (QED) is 0.554. The number of ketones is 1. The number of carbonyl (C=O) groups excluding carboxylic acids is 1. The average Bonchev–Trinajstić information content (AvgIpc) is 2.97. The first-order valence-corrected chi connectivity index (χ1v) is 5.43. The first kappa shape index (κ1) is 10.6. The summed E-state index contributed by atoms with van der Waals surface area (Å²) in [6.07, 6.45) is 1.51. The second kappa shape index (κ2) is 3.73. The fourth-order valence-corrected chi connectivity index (χ4v) is 1.85. The molecule has 0 radical (unpaired) electrons. The molecule has 0 aliphatic rings. The van der Waals surface area contributed by atoms with Gasteiger partial charge in [0.25, 0.3) is 0 Å². The number of aromatic nitrogens is 2. The third-order valence-electron chi connectivity index (χ3n) is 2.78. The predicted molar refractivity (Wildman–Crippen MR) is 64.6 cm³/mol. The molecular weight excluding hydrogens is 232 g/mol. The van der Waals surface area contributed by atoms with Gasteiger partial charge in [0.1, 0.15) is 5.52 Å². The Labute approximate surface area is 102 Å². The first-order chi connectivity index (χ1) is 8.66. The van der Waals surface area contributed by atoms with Crippen molar-refractivity contribution in [1.82, 2.24) is 9.71 Å². The van der Waals surface area contributed by atoms with Crippen molar-refractivity contribution in [1.29, 1.82) is 0 Å². The van der Waals surface area contributed by atoms with Gasteiger partial charge in [0.15, 0.2) is 11.5 Å². The standard InChI is InChI=1S/C13H10N2O3/c1-8(16)9-4-5-10-11(7-9)15(17)13(14-10)12-3-2-6-18-12/h2-7,17H,1H3. The van der Waals surface area contributed by atoms with Gasteiger partial charge in [-0.15, -0.1) is 0 Å². The number of hydrogen-bond donors (Lipinski definition) is 1. The summed E-state index contributed by atoms with van der Waals surface area (Å²) in [4.78, 5) is 15.6. The van der Waals surface area contributed by atoms with Gasteiger partial charge in [0.2, 0.25) is 5.82 Å². The number of nitrogens with zero attached hydrogens (tertiary/aromatic N) is 2. The maximum atomic E-state index is 11.3. The van der Waals surface area contributed by atoms with Crippen molar-refractivity contribution in [2.75, 3.05) is 0 Å². The second-order valence-corrected chi connectivity index (χ2v) is 3.98. The maximum absolute atomic E-state index is 11.3. The smallest absolute Gasteiger partial charge is 0.212 e. The van der Waals surface area contributed by atoms with Crippen LogP contribution in [0.2, 0.25) is 0 Å². The Morgan fingerprint density at radius 2 is 2.22 bits per heavy atom. The molecule has 5 nitrogen and oxygen atoms in total. The summed E-state index contributed by atoms with van der Waals surface area (Å²) in [7, 11) is 0. The van der Waals surface area contributed by atoms with E-state index in [1.54, 1.807) is 30.3 Å². The van der Waals surface area contributed by atoms with E-state index < -0.39 is 0 Å². The molecule has 0 fully saturated rings. The van der Waals surface area contributed by atoms with Crippen molar-refractivity contribution in [3.05, 3.63) is 42.2 Å². The normalized spacial score (nSPS) is 10.9. The number of fused-ring (bicyclic) bond motifs is 1. The number of benzene rings is 1. The molecule has 3 rings (SSSR count). The monoisotopic (exact) mass is 242 g/mol. The molecule has 18 heavy (non-hydrogen) atoms. The number of furan rings is 1. The van der Waals surface area contributed by atoms with Crippen molar-refractivity contribution >= 4 is 16.8 Å². The Morgan fingerprint density at radius 1 is 1.39 bits per heavy atom. The molecule has 0 amide bonds. The molecule has 1 N–H and O–H groups in total. The van der Waals surface area contributed by atoms with Crippen LogP contribution in [0.5, 0.6) is 0 Å². The molecule has 2 heterocycles. The van der Waals surface area contributed by atoms with Crippen LogP contribution < -0.4 is 0 Å². The van der Waals surface area contributed by atoms with Gasteiger partial charge in [-0.2, -0.15) is 4.73 Å². The molecule has 0 bridgehead atoms. The van der Waals surface area contributed by atoms with E-state index in [0.29, 0.717) is 28.2 Å². The van der Waals surface area contributed by atoms with Gasteiger partial charge in [-0.25, -0.2) is 4.98 Å². The van der Waals surface area contributed by atoms with Crippen LogP contribution in [0.25, 0.3) is 22.6 Å². The molecule has 5 heteroatoms. The van der Waals surface area contributed by atoms with Gasteiger partial charge in [-0.1, -0.05) is 0 Å². The summed E-state index contributed by atoms with van der Waals surface area (Å²) in [5.41, 5.74) is 1.62. The third kappa shape index (κ3) is 1.48. The van der Waals surface area contributed by atoms with Crippen LogP contribution in [0, 0.1) is 0 Å². The fraction of sp³-hybridized carbons (Fsp3) is 0.0769. The minimum atomic E-state index is -0.0577.